The highest BCUT2D eigenvalue weighted by atomic mass is 32.1. The lowest BCUT2D eigenvalue weighted by molar-refractivity contribution is -0.125. The molecule has 32 heavy (non-hydrogen) atoms. The zero-order valence-corrected chi connectivity index (χ0v) is 18.9. The van der Waals surface area contributed by atoms with E-state index in [4.69, 9.17) is 0 Å². The second kappa shape index (κ2) is 9.47. The normalized spacial score (nSPS) is 16.2. The maximum absolute atomic E-state index is 12.9. The van der Waals surface area contributed by atoms with E-state index in [1.165, 1.54) is 22.2 Å². The molecule has 3 heterocycles. The fraction of sp³-hybridized carbons (Fsp3) is 0.409. The Morgan fingerprint density at radius 2 is 2.03 bits per heavy atom. The molecule has 0 saturated carbocycles. The van der Waals surface area contributed by atoms with Crippen LogP contribution in [0.3, 0.4) is 0 Å². The number of carbonyl (C=O) groups is 2. The Bertz CT molecular complexity index is 1190. The summed E-state index contributed by atoms with van der Waals surface area (Å²) in [6, 6.07) is 7.45. The molecule has 9 nitrogen and oxygen atoms in total. The van der Waals surface area contributed by atoms with Crippen LogP contribution >= 0.6 is 11.3 Å². The van der Waals surface area contributed by atoms with E-state index < -0.39 is 0 Å². The summed E-state index contributed by atoms with van der Waals surface area (Å²) in [7, 11) is 0. The van der Waals surface area contributed by atoms with Gasteiger partial charge in [0, 0.05) is 25.3 Å². The molecule has 2 aromatic heterocycles. The summed E-state index contributed by atoms with van der Waals surface area (Å²) in [5, 5.41) is 6.35. The number of piperidine rings is 1. The number of hydrogen-bond acceptors (Lipinski definition) is 7. The van der Waals surface area contributed by atoms with E-state index in [1.807, 2.05) is 43.0 Å². The highest BCUT2D eigenvalue weighted by Gasteiger charge is 2.27. The van der Waals surface area contributed by atoms with E-state index in [0.717, 1.165) is 24.9 Å². The molecule has 1 atom stereocenters. The number of fused-ring (bicyclic) bond motifs is 1. The lowest BCUT2D eigenvalue weighted by Crippen LogP contribution is -2.43. The Balaban J connectivity index is 1.49. The third-order valence-corrected chi connectivity index (χ3v) is 6.53. The van der Waals surface area contributed by atoms with Gasteiger partial charge in [-0.1, -0.05) is 29.0 Å². The van der Waals surface area contributed by atoms with Gasteiger partial charge in [-0.15, -0.1) is 0 Å². The number of thiazole rings is 1. The Hall–Kier alpha value is -3.27. The van der Waals surface area contributed by atoms with E-state index in [1.54, 1.807) is 0 Å². The molecule has 1 aliphatic rings. The van der Waals surface area contributed by atoms with Crippen LogP contribution in [0, 0.1) is 12.8 Å². The van der Waals surface area contributed by atoms with Crippen LogP contribution in [-0.4, -0.2) is 46.0 Å². The van der Waals surface area contributed by atoms with E-state index in [-0.39, 0.29) is 29.8 Å². The second-order valence-electron chi connectivity index (χ2n) is 7.92. The summed E-state index contributed by atoms with van der Waals surface area (Å²) >= 11 is 1.26. The van der Waals surface area contributed by atoms with Crippen molar-refractivity contribution in [2.24, 2.45) is 5.92 Å². The van der Waals surface area contributed by atoms with Crippen LogP contribution in [0.2, 0.25) is 0 Å². The molecular formula is C22H26N6O3S. The highest BCUT2D eigenvalue weighted by molar-refractivity contribution is 7.22. The van der Waals surface area contributed by atoms with Crippen molar-refractivity contribution in [1.82, 2.24) is 19.9 Å². The van der Waals surface area contributed by atoms with Gasteiger partial charge in [-0.05, 0) is 38.8 Å². The molecule has 3 aromatic rings. The first-order chi connectivity index (χ1) is 15.4. The SMILES string of the molecule is CCNC(=O)[C@H]1CCCN(c2nc3ncn(CC(=O)Nc4ccc(C)cc4)c(=O)c3s2)C1. The Morgan fingerprint density at radius 3 is 2.78 bits per heavy atom. The van der Waals surface area contributed by atoms with Crippen molar-refractivity contribution in [3.05, 3.63) is 46.5 Å². The fourth-order valence-electron chi connectivity index (χ4n) is 3.76. The lowest BCUT2D eigenvalue weighted by Gasteiger charge is -2.31. The molecule has 0 bridgehead atoms. The number of aromatic nitrogens is 3. The number of aryl methyl sites for hydroxylation is 1. The molecule has 4 rings (SSSR count). The van der Waals surface area contributed by atoms with Crippen LogP contribution in [0.4, 0.5) is 10.8 Å². The van der Waals surface area contributed by atoms with Gasteiger partial charge in [0.1, 0.15) is 17.6 Å². The van der Waals surface area contributed by atoms with E-state index in [9.17, 15) is 14.4 Å². The van der Waals surface area contributed by atoms with Gasteiger partial charge >= 0.3 is 0 Å². The number of rotatable bonds is 6. The molecule has 10 heteroatoms. The van der Waals surface area contributed by atoms with Gasteiger partial charge in [0.25, 0.3) is 5.56 Å². The summed E-state index contributed by atoms with van der Waals surface area (Å²) in [6.07, 6.45) is 3.08. The van der Waals surface area contributed by atoms with Crippen LogP contribution in [0.5, 0.6) is 0 Å². The average Bonchev–Trinajstić information content (AvgIpc) is 3.23. The monoisotopic (exact) mass is 454 g/mol. The first-order valence-electron chi connectivity index (χ1n) is 10.7. The quantitative estimate of drug-likeness (QED) is 0.591. The Morgan fingerprint density at radius 1 is 1.25 bits per heavy atom. The molecule has 2 N–H and O–H groups in total. The number of amides is 2. The van der Waals surface area contributed by atoms with Crippen molar-refractivity contribution in [3.63, 3.8) is 0 Å². The number of nitrogens with one attached hydrogen (secondary N) is 2. The molecular weight excluding hydrogens is 428 g/mol. The largest absolute Gasteiger partial charge is 0.356 e. The van der Waals surface area contributed by atoms with Crippen molar-refractivity contribution in [3.8, 4) is 0 Å². The van der Waals surface area contributed by atoms with Crippen LogP contribution in [0.15, 0.2) is 35.4 Å². The van der Waals surface area contributed by atoms with Gasteiger partial charge in [-0.25, -0.2) is 4.98 Å². The predicted molar refractivity (Wildman–Crippen MR) is 125 cm³/mol. The smallest absolute Gasteiger partial charge is 0.273 e. The maximum atomic E-state index is 12.9. The zero-order chi connectivity index (χ0) is 22.7. The molecule has 0 aliphatic carbocycles. The van der Waals surface area contributed by atoms with Crippen molar-refractivity contribution in [1.29, 1.82) is 0 Å². The van der Waals surface area contributed by atoms with Crippen LogP contribution in [0.25, 0.3) is 10.3 Å². The van der Waals surface area contributed by atoms with Gasteiger partial charge < -0.3 is 15.5 Å². The van der Waals surface area contributed by atoms with Crippen LogP contribution < -0.4 is 21.1 Å². The van der Waals surface area contributed by atoms with E-state index in [2.05, 4.69) is 20.6 Å². The van der Waals surface area contributed by atoms with E-state index >= 15 is 0 Å². The number of benzene rings is 1. The number of nitrogens with zero attached hydrogens (tertiary/aromatic N) is 4. The van der Waals surface area contributed by atoms with Crippen LogP contribution in [-0.2, 0) is 16.1 Å². The first kappa shape index (κ1) is 21.9. The zero-order valence-electron chi connectivity index (χ0n) is 18.1. The summed E-state index contributed by atoms with van der Waals surface area (Å²) in [4.78, 5) is 48.4. The summed E-state index contributed by atoms with van der Waals surface area (Å²) in [5.41, 5.74) is 1.84. The molecule has 0 radical (unpaired) electrons. The van der Waals surface area contributed by atoms with Gasteiger partial charge in [-0.2, -0.15) is 4.98 Å². The second-order valence-corrected chi connectivity index (χ2v) is 8.90. The standard InChI is InChI=1S/C22H26N6O3S/c1-3-23-20(30)15-5-4-10-27(11-15)22-26-19-18(32-22)21(31)28(13-24-19)12-17(29)25-16-8-6-14(2)7-9-16/h6-9,13,15H,3-5,10-12H2,1-2H3,(H,23,30)(H,25,29)/t15-/m0/s1. The minimum absolute atomic E-state index is 0.0541. The van der Waals surface area contributed by atoms with Crippen molar-refractivity contribution in [2.75, 3.05) is 29.9 Å². The van der Waals surface area contributed by atoms with Gasteiger partial charge in [0.05, 0.1) is 5.92 Å². The molecule has 1 fully saturated rings. The third kappa shape index (κ3) is 4.80. The number of carbonyl (C=O) groups excluding carboxylic acids is 2. The van der Waals surface area contributed by atoms with Crippen molar-refractivity contribution in [2.45, 2.75) is 33.2 Å². The topological polar surface area (TPSA) is 109 Å². The molecule has 0 spiro atoms. The van der Waals surface area contributed by atoms with E-state index in [0.29, 0.717) is 34.3 Å². The predicted octanol–water partition coefficient (Wildman–Crippen LogP) is 2.15. The molecule has 1 aromatic carbocycles. The molecule has 1 aliphatic heterocycles. The molecule has 0 unspecified atom stereocenters. The number of anilines is 2. The summed E-state index contributed by atoms with van der Waals surface area (Å²) in [5.74, 6) is -0.341. The average molecular weight is 455 g/mol. The minimum atomic E-state index is -0.303. The molecule has 168 valence electrons. The third-order valence-electron chi connectivity index (χ3n) is 5.44. The summed E-state index contributed by atoms with van der Waals surface area (Å²) < 4.78 is 1.70. The van der Waals surface area contributed by atoms with Gasteiger partial charge in [-0.3, -0.25) is 19.0 Å². The Labute approximate surface area is 189 Å². The molecule has 2 amide bonds. The first-order valence-corrected chi connectivity index (χ1v) is 11.5. The van der Waals surface area contributed by atoms with Gasteiger partial charge in [0.15, 0.2) is 10.8 Å². The van der Waals surface area contributed by atoms with Crippen LogP contribution in [0.1, 0.15) is 25.3 Å². The van der Waals surface area contributed by atoms with Crippen molar-refractivity contribution < 1.29 is 9.59 Å². The molecule has 1 saturated heterocycles. The maximum Gasteiger partial charge on any atom is 0.273 e. The Kier molecular flexibility index (Phi) is 6.50. The highest BCUT2D eigenvalue weighted by Crippen LogP contribution is 2.29. The minimum Gasteiger partial charge on any atom is -0.356 e. The van der Waals surface area contributed by atoms with Gasteiger partial charge in [0.2, 0.25) is 11.8 Å². The van der Waals surface area contributed by atoms with Crippen molar-refractivity contribution >= 4 is 44.3 Å². The summed E-state index contributed by atoms with van der Waals surface area (Å²) in [6.45, 7) is 5.70. The number of hydrogen-bond donors (Lipinski definition) is 2. The fourth-order valence-corrected chi connectivity index (χ4v) is 4.76. The lowest BCUT2D eigenvalue weighted by atomic mass is 9.97.